The number of carbonyl (C=O) groups is 2. The second-order valence-electron chi connectivity index (χ2n) is 4.61. The molecule has 0 saturated carbocycles. The van der Waals surface area contributed by atoms with Crippen LogP contribution in [0.2, 0.25) is 0 Å². The van der Waals surface area contributed by atoms with Crippen molar-refractivity contribution in [2.45, 2.75) is 19.8 Å². The highest BCUT2D eigenvalue weighted by molar-refractivity contribution is 6.02. The van der Waals surface area contributed by atoms with E-state index in [0.29, 0.717) is 17.9 Å². The van der Waals surface area contributed by atoms with Crippen LogP contribution in [0.15, 0.2) is 42.9 Å². The first-order valence-electron chi connectivity index (χ1n) is 7.05. The Labute approximate surface area is 128 Å². The van der Waals surface area contributed by atoms with Crippen molar-refractivity contribution in [1.82, 2.24) is 9.97 Å². The van der Waals surface area contributed by atoms with E-state index in [1.54, 1.807) is 24.3 Å². The fourth-order valence-corrected chi connectivity index (χ4v) is 1.69. The molecule has 1 N–H and O–H groups in total. The molecule has 22 heavy (non-hydrogen) atoms. The molecule has 0 bridgehead atoms. The summed E-state index contributed by atoms with van der Waals surface area (Å²) in [6.07, 6.45) is 6.15. The molecule has 0 saturated heterocycles. The van der Waals surface area contributed by atoms with Crippen molar-refractivity contribution in [3.05, 3.63) is 54.1 Å². The van der Waals surface area contributed by atoms with E-state index in [-0.39, 0.29) is 17.6 Å². The summed E-state index contributed by atoms with van der Waals surface area (Å²) < 4.78 is 5.11. The zero-order valence-corrected chi connectivity index (χ0v) is 12.3. The number of aromatic nitrogens is 2. The number of nitrogens with zero attached hydrogens (tertiary/aromatic N) is 2. The van der Waals surface area contributed by atoms with Crippen LogP contribution < -0.4 is 5.32 Å². The molecule has 0 atom stereocenters. The predicted molar refractivity (Wildman–Crippen MR) is 81.6 cm³/mol. The molecule has 1 aromatic heterocycles. The van der Waals surface area contributed by atoms with E-state index >= 15 is 0 Å². The summed E-state index contributed by atoms with van der Waals surface area (Å²) in [6, 6.07) is 6.51. The van der Waals surface area contributed by atoms with Gasteiger partial charge in [-0.2, -0.15) is 0 Å². The van der Waals surface area contributed by atoms with Crippen LogP contribution in [0.25, 0.3) is 0 Å². The summed E-state index contributed by atoms with van der Waals surface area (Å²) >= 11 is 0. The lowest BCUT2D eigenvalue weighted by atomic mass is 10.2. The zero-order chi connectivity index (χ0) is 15.8. The van der Waals surface area contributed by atoms with Crippen LogP contribution in [0.1, 0.15) is 40.6 Å². The van der Waals surface area contributed by atoms with Crippen molar-refractivity contribution in [2.24, 2.45) is 0 Å². The summed E-state index contributed by atoms with van der Waals surface area (Å²) in [6.45, 7) is 2.45. The molecule has 0 aliphatic heterocycles. The molecule has 0 spiro atoms. The Morgan fingerprint density at radius 2 is 1.95 bits per heavy atom. The van der Waals surface area contributed by atoms with Gasteiger partial charge in [-0.15, -0.1) is 0 Å². The average molecular weight is 299 g/mol. The smallest absolute Gasteiger partial charge is 0.338 e. The Bertz CT molecular complexity index is 627. The van der Waals surface area contributed by atoms with Crippen LogP contribution >= 0.6 is 0 Å². The maximum Gasteiger partial charge on any atom is 0.338 e. The summed E-state index contributed by atoms with van der Waals surface area (Å²) in [4.78, 5) is 31.4. The van der Waals surface area contributed by atoms with E-state index in [1.165, 1.54) is 18.6 Å². The van der Waals surface area contributed by atoms with E-state index in [2.05, 4.69) is 15.3 Å². The van der Waals surface area contributed by atoms with Crippen molar-refractivity contribution in [2.75, 3.05) is 11.9 Å². The highest BCUT2D eigenvalue weighted by Crippen LogP contribution is 2.11. The molecule has 6 nitrogen and oxygen atoms in total. The van der Waals surface area contributed by atoms with Crippen LogP contribution in [-0.4, -0.2) is 28.5 Å². The first kappa shape index (κ1) is 15.6. The standard InChI is InChI=1S/C16H17N3O3/c1-2-3-10-22-16(21)12-4-6-13(7-5-12)19-15(20)14-11-17-8-9-18-14/h4-9,11H,2-3,10H2,1H3,(H,19,20). The maximum atomic E-state index is 11.9. The monoisotopic (exact) mass is 299 g/mol. The third-order valence-corrected chi connectivity index (χ3v) is 2.91. The molecule has 1 aromatic carbocycles. The van der Waals surface area contributed by atoms with Crippen LogP contribution in [-0.2, 0) is 4.74 Å². The van der Waals surface area contributed by atoms with Gasteiger partial charge in [-0.25, -0.2) is 9.78 Å². The Morgan fingerprint density at radius 1 is 1.18 bits per heavy atom. The fourth-order valence-electron chi connectivity index (χ4n) is 1.69. The minimum absolute atomic E-state index is 0.227. The van der Waals surface area contributed by atoms with E-state index in [0.717, 1.165) is 12.8 Å². The molecule has 0 aliphatic carbocycles. The SMILES string of the molecule is CCCCOC(=O)c1ccc(NC(=O)c2cnccn2)cc1. The van der Waals surface area contributed by atoms with Crippen molar-refractivity contribution in [3.63, 3.8) is 0 Å². The molecule has 1 amide bonds. The third kappa shape index (κ3) is 4.37. The summed E-state index contributed by atoms with van der Waals surface area (Å²) in [7, 11) is 0. The summed E-state index contributed by atoms with van der Waals surface area (Å²) in [5, 5.41) is 2.68. The summed E-state index contributed by atoms with van der Waals surface area (Å²) in [5.41, 5.74) is 1.25. The Kier molecular flexibility index (Phi) is 5.59. The van der Waals surface area contributed by atoms with Crippen molar-refractivity contribution >= 4 is 17.6 Å². The number of esters is 1. The second kappa shape index (κ2) is 7.87. The molecule has 2 rings (SSSR count). The lowest BCUT2D eigenvalue weighted by molar-refractivity contribution is 0.0499. The van der Waals surface area contributed by atoms with Crippen LogP contribution in [0.5, 0.6) is 0 Å². The highest BCUT2D eigenvalue weighted by atomic mass is 16.5. The van der Waals surface area contributed by atoms with Gasteiger partial charge in [0, 0.05) is 18.1 Å². The molecule has 2 aromatic rings. The van der Waals surface area contributed by atoms with Gasteiger partial charge in [-0.05, 0) is 30.7 Å². The number of hydrogen-bond acceptors (Lipinski definition) is 5. The number of rotatable bonds is 6. The second-order valence-corrected chi connectivity index (χ2v) is 4.61. The van der Waals surface area contributed by atoms with Gasteiger partial charge in [0.25, 0.3) is 5.91 Å². The average Bonchev–Trinajstić information content (AvgIpc) is 2.56. The van der Waals surface area contributed by atoms with Gasteiger partial charge in [0.05, 0.1) is 18.4 Å². The number of anilines is 1. The van der Waals surface area contributed by atoms with Gasteiger partial charge < -0.3 is 10.1 Å². The van der Waals surface area contributed by atoms with Gasteiger partial charge in [0.1, 0.15) is 5.69 Å². The summed E-state index contributed by atoms with van der Waals surface area (Å²) in [5.74, 6) is -0.716. The lowest BCUT2D eigenvalue weighted by Gasteiger charge is -2.06. The molecule has 0 aliphatic rings. The maximum absolute atomic E-state index is 11.9. The Hall–Kier alpha value is -2.76. The Morgan fingerprint density at radius 3 is 2.59 bits per heavy atom. The normalized spacial score (nSPS) is 10.0. The van der Waals surface area contributed by atoms with Crippen molar-refractivity contribution in [1.29, 1.82) is 0 Å². The number of ether oxygens (including phenoxy) is 1. The molecule has 114 valence electrons. The first-order chi connectivity index (χ1) is 10.7. The quantitative estimate of drug-likeness (QED) is 0.655. The van der Waals surface area contributed by atoms with Gasteiger partial charge >= 0.3 is 5.97 Å². The van der Waals surface area contributed by atoms with Crippen molar-refractivity contribution < 1.29 is 14.3 Å². The molecule has 0 radical (unpaired) electrons. The minimum Gasteiger partial charge on any atom is -0.462 e. The minimum atomic E-state index is -0.361. The molecular weight excluding hydrogens is 282 g/mol. The molecule has 1 heterocycles. The van der Waals surface area contributed by atoms with E-state index in [4.69, 9.17) is 4.74 Å². The predicted octanol–water partition coefficient (Wildman–Crippen LogP) is 2.69. The number of amides is 1. The van der Waals surface area contributed by atoms with Gasteiger partial charge in [0.15, 0.2) is 0 Å². The fraction of sp³-hybridized carbons (Fsp3) is 0.250. The third-order valence-electron chi connectivity index (χ3n) is 2.91. The first-order valence-corrected chi connectivity index (χ1v) is 7.05. The van der Waals surface area contributed by atoms with E-state index < -0.39 is 0 Å². The largest absolute Gasteiger partial charge is 0.462 e. The lowest BCUT2D eigenvalue weighted by Crippen LogP contribution is -2.14. The number of unbranched alkanes of at least 4 members (excludes halogenated alkanes) is 1. The van der Waals surface area contributed by atoms with Crippen LogP contribution in [0, 0.1) is 0 Å². The van der Waals surface area contributed by atoms with E-state index in [1.807, 2.05) is 6.92 Å². The Balaban J connectivity index is 1.94. The van der Waals surface area contributed by atoms with E-state index in [9.17, 15) is 9.59 Å². The number of hydrogen-bond donors (Lipinski definition) is 1. The molecule has 0 unspecified atom stereocenters. The molecule has 0 fully saturated rings. The molecule has 6 heteroatoms. The molecular formula is C16H17N3O3. The van der Waals surface area contributed by atoms with Crippen molar-refractivity contribution in [3.8, 4) is 0 Å². The van der Waals surface area contributed by atoms with Gasteiger partial charge in [-0.3, -0.25) is 9.78 Å². The highest BCUT2D eigenvalue weighted by Gasteiger charge is 2.09. The number of benzene rings is 1. The van der Waals surface area contributed by atoms with Gasteiger partial charge in [0.2, 0.25) is 0 Å². The zero-order valence-electron chi connectivity index (χ0n) is 12.3. The topological polar surface area (TPSA) is 81.2 Å². The number of nitrogens with one attached hydrogen (secondary N) is 1. The van der Waals surface area contributed by atoms with Crippen LogP contribution in [0.3, 0.4) is 0 Å². The van der Waals surface area contributed by atoms with Gasteiger partial charge in [-0.1, -0.05) is 13.3 Å². The van der Waals surface area contributed by atoms with Crippen LogP contribution in [0.4, 0.5) is 5.69 Å². The number of carbonyl (C=O) groups excluding carboxylic acids is 2.